The van der Waals surface area contributed by atoms with Gasteiger partial charge in [0.15, 0.2) is 0 Å². The van der Waals surface area contributed by atoms with Gasteiger partial charge in [-0.15, -0.1) is 0 Å². The molecular formula is C16H18N2O3S. The van der Waals surface area contributed by atoms with Gasteiger partial charge in [0.25, 0.3) is 0 Å². The second kappa shape index (κ2) is 6.72. The van der Waals surface area contributed by atoms with Crippen LogP contribution in [0.2, 0.25) is 0 Å². The second-order valence-corrected chi connectivity index (χ2v) is 6.60. The number of nitrogens with zero attached hydrogens (tertiary/aromatic N) is 1. The average Bonchev–Trinajstić information content (AvgIpc) is 2.54. The molecule has 2 aromatic carbocycles. The number of rotatable bonds is 5. The van der Waals surface area contributed by atoms with E-state index in [0.717, 1.165) is 0 Å². The molecule has 6 heteroatoms. The number of benzene rings is 2. The van der Waals surface area contributed by atoms with Gasteiger partial charge in [0, 0.05) is 12.7 Å². The van der Waals surface area contributed by atoms with Crippen LogP contribution in [0, 0.1) is 0 Å². The van der Waals surface area contributed by atoms with E-state index in [1.165, 1.54) is 24.0 Å². The summed E-state index contributed by atoms with van der Waals surface area (Å²) in [7, 11) is -2.10. The lowest BCUT2D eigenvalue weighted by Crippen LogP contribution is -2.45. The Labute approximate surface area is 130 Å². The van der Waals surface area contributed by atoms with Crippen molar-refractivity contribution in [3.05, 3.63) is 60.7 Å². The van der Waals surface area contributed by atoms with Gasteiger partial charge in [-0.25, -0.2) is 8.42 Å². The summed E-state index contributed by atoms with van der Waals surface area (Å²) in [6.45, 7) is 1.53. The highest BCUT2D eigenvalue weighted by molar-refractivity contribution is 7.89. The highest BCUT2D eigenvalue weighted by atomic mass is 32.2. The maximum Gasteiger partial charge on any atom is 0.244 e. The molecule has 0 aromatic heterocycles. The molecule has 0 spiro atoms. The van der Waals surface area contributed by atoms with Crippen LogP contribution in [0.15, 0.2) is 65.6 Å². The first-order valence-electron chi connectivity index (χ1n) is 6.82. The maximum atomic E-state index is 12.4. The zero-order valence-electron chi connectivity index (χ0n) is 12.4. The summed E-state index contributed by atoms with van der Waals surface area (Å²) >= 11 is 0. The molecule has 2 aromatic rings. The van der Waals surface area contributed by atoms with Gasteiger partial charge in [-0.05, 0) is 31.2 Å². The van der Waals surface area contributed by atoms with Gasteiger partial charge in [-0.1, -0.05) is 36.4 Å². The average molecular weight is 318 g/mol. The van der Waals surface area contributed by atoms with Gasteiger partial charge >= 0.3 is 0 Å². The van der Waals surface area contributed by atoms with Crippen molar-refractivity contribution in [1.82, 2.24) is 4.72 Å². The minimum absolute atomic E-state index is 0.136. The molecule has 0 saturated heterocycles. The Morgan fingerprint density at radius 1 is 1.00 bits per heavy atom. The molecular weight excluding hydrogens is 300 g/mol. The van der Waals surface area contributed by atoms with E-state index in [-0.39, 0.29) is 10.8 Å². The highest BCUT2D eigenvalue weighted by Gasteiger charge is 2.24. The third kappa shape index (κ3) is 3.72. The molecule has 0 radical (unpaired) electrons. The Hall–Kier alpha value is -2.18. The molecule has 22 heavy (non-hydrogen) atoms. The number of amides is 1. The second-order valence-electron chi connectivity index (χ2n) is 4.89. The predicted octanol–water partition coefficient (Wildman–Crippen LogP) is 2.02. The van der Waals surface area contributed by atoms with Crippen LogP contribution < -0.4 is 9.62 Å². The van der Waals surface area contributed by atoms with E-state index in [2.05, 4.69) is 4.72 Å². The fourth-order valence-electron chi connectivity index (χ4n) is 2.02. The van der Waals surface area contributed by atoms with E-state index >= 15 is 0 Å². The van der Waals surface area contributed by atoms with E-state index in [4.69, 9.17) is 0 Å². The van der Waals surface area contributed by atoms with E-state index in [1.807, 2.05) is 18.2 Å². The summed E-state index contributed by atoms with van der Waals surface area (Å²) < 4.78 is 26.9. The van der Waals surface area contributed by atoms with Crippen LogP contribution in [-0.2, 0) is 14.8 Å². The van der Waals surface area contributed by atoms with Gasteiger partial charge in [0.2, 0.25) is 15.9 Å². The Balaban J connectivity index is 2.12. The zero-order chi connectivity index (χ0) is 16.2. The molecule has 1 N–H and O–H groups in total. The minimum atomic E-state index is -3.72. The Morgan fingerprint density at radius 3 is 2.05 bits per heavy atom. The molecule has 0 aliphatic rings. The normalized spacial score (nSPS) is 12.6. The summed E-state index contributed by atoms with van der Waals surface area (Å²) in [6.07, 6.45) is 0. The molecule has 0 aliphatic carbocycles. The smallest absolute Gasteiger partial charge is 0.244 e. The summed E-state index contributed by atoms with van der Waals surface area (Å²) in [6, 6.07) is 16.2. The third-order valence-corrected chi connectivity index (χ3v) is 4.79. The van der Waals surface area contributed by atoms with Gasteiger partial charge in [0.05, 0.1) is 10.9 Å². The molecule has 1 atom stereocenters. The number of sulfonamides is 1. The highest BCUT2D eigenvalue weighted by Crippen LogP contribution is 2.13. The molecule has 1 unspecified atom stereocenters. The number of nitrogens with one attached hydrogen (secondary N) is 1. The van der Waals surface area contributed by atoms with Gasteiger partial charge in [-0.2, -0.15) is 4.72 Å². The van der Waals surface area contributed by atoms with Crippen molar-refractivity contribution in [2.45, 2.75) is 17.9 Å². The Kier molecular flexibility index (Phi) is 4.95. The standard InChI is InChI=1S/C16H18N2O3S/c1-13(16(19)18(2)14-9-5-3-6-10-14)17-22(20,21)15-11-7-4-8-12-15/h3-13,17H,1-2H3. The first kappa shape index (κ1) is 16.2. The van der Waals surface area contributed by atoms with E-state index in [0.29, 0.717) is 5.69 Å². The quantitative estimate of drug-likeness (QED) is 0.917. The Morgan fingerprint density at radius 2 is 1.50 bits per heavy atom. The molecule has 0 aliphatic heterocycles. The number of hydrogen-bond donors (Lipinski definition) is 1. The van der Waals surface area contributed by atoms with Crippen LogP contribution >= 0.6 is 0 Å². The molecule has 0 saturated carbocycles. The molecule has 2 rings (SSSR count). The molecule has 0 fully saturated rings. The first-order valence-corrected chi connectivity index (χ1v) is 8.30. The predicted molar refractivity (Wildman–Crippen MR) is 86.1 cm³/mol. The van der Waals surface area contributed by atoms with Gasteiger partial charge in [-0.3, -0.25) is 4.79 Å². The minimum Gasteiger partial charge on any atom is -0.314 e. The molecule has 0 bridgehead atoms. The van der Waals surface area contributed by atoms with Crippen molar-refractivity contribution in [3.8, 4) is 0 Å². The zero-order valence-corrected chi connectivity index (χ0v) is 13.2. The topological polar surface area (TPSA) is 66.5 Å². The third-order valence-electron chi connectivity index (χ3n) is 3.23. The van der Waals surface area contributed by atoms with E-state index in [9.17, 15) is 13.2 Å². The lowest BCUT2D eigenvalue weighted by Gasteiger charge is -2.22. The van der Waals surface area contributed by atoms with Crippen LogP contribution in [0.5, 0.6) is 0 Å². The van der Waals surface area contributed by atoms with Gasteiger partial charge < -0.3 is 4.90 Å². The van der Waals surface area contributed by atoms with Crippen LogP contribution in [0.1, 0.15) is 6.92 Å². The van der Waals surface area contributed by atoms with Crippen molar-refractivity contribution in [2.24, 2.45) is 0 Å². The summed E-state index contributed by atoms with van der Waals surface area (Å²) in [4.78, 5) is 13.9. The maximum absolute atomic E-state index is 12.4. The number of likely N-dealkylation sites (N-methyl/N-ethyl adjacent to an activating group) is 1. The SMILES string of the molecule is CC(NS(=O)(=O)c1ccccc1)C(=O)N(C)c1ccccc1. The summed E-state index contributed by atoms with van der Waals surface area (Å²) in [5, 5.41) is 0. The number of para-hydroxylation sites is 1. The number of hydrogen-bond acceptors (Lipinski definition) is 3. The van der Waals surface area contributed by atoms with Crippen LogP contribution in [0.3, 0.4) is 0 Å². The Bertz CT molecular complexity index is 731. The van der Waals surface area contributed by atoms with E-state index < -0.39 is 16.1 Å². The lowest BCUT2D eigenvalue weighted by molar-refractivity contribution is -0.119. The molecule has 116 valence electrons. The van der Waals surface area contributed by atoms with Crippen molar-refractivity contribution in [3.63, 3.8) is 0 Å². The lowest BCUT2D eigenvalue weighted by atomic mass is 10.2. The fraction of sp³-hybridized carbons (Fsp3) is 0.188. The van der Waals surface area contributed by atoms with Crippen LogP contribution in [0.25, 0.3) is 0 Å². The van der Waals surface area contributed by atoms with Gasteiger partial charge in [0.1, 0.15) is 0 Å². The van der Waals surface area contributed by atoms with Crippen molar-refractivity contribution < 1.29 is 13.2 Å². The van der Waals surface area contributed by atoms with Crippen LogP contribution in [-0.4, -0.2) is 27.4 Å². The molecule has 1 amide bonds. The molecule has 0 heterocycles. The number of anilines is 1. The fourth-order valence-corrected chi connectivity index (χ4v) is 3.24. The monoisotopic (exact) mass is 318 g/mol. The number of carbonyl (C=O) groups excluding carboxylic acids is 1. The number of carbonyl (C=O) groups is 1. The van der Waals surface area contributed by atoms with Crippen molar-refractivity contribution >= 4 is 21.6 Å². The van der Waals surface area contributed by atoms with E-state index in [1.54, 1.807) is 37.4 Å². The summed E-state index contributed by atoms with van der Waals surface area (Å²) in [5.74, 6) is -0.328. The van der Waals surface area contributed by atoms with Crippen molar-refractivity contribution in [2.75, 3.05) is 11.9 Å². The first-order chi connectivity index (χ1) is 10.4. The van der Waals surface area contributed by atoms with Crippen LogP contribution in [0.4, 0.5) is 5.69 Å². The summed E-state index contributed by atoms with van der Waals surface area (Å²) in [5.41, 5.74) is 0.707. The molecule has 5 nitrogen and oxygen atoms in total. The van der Waals surface area contributed by atoms with Crippen molar-refractivity contribution in [1.29, 1.82) is 0 Å². The largest absolute Gasteiger partial charge is 0.314 e.